The summed E-state index contributed by atoms with van der Waals surface area (Å²) in [5, 5.41) is 0. The molecule has 0 amide bonds. The Morgan fingerprint density at radius 2 is 0.893 bits per heavy atom. The predicted octanol–water partition coefficient (Wildman–Crippen LogP) is 7.36. The Kier molecular flexibility index (Phi) is 4.31. The molecular formula is C28H21+. The van der Waals surface area contributed by atoms with Crippen LogP contribution in [0.15, 0.2) is 121 Å². The Labute approximate surface area is 166 Å². The van der Waals surface area contributed by atoms with Crippen molar-refractivity contribution in [1.29, 1.82) is 0 Å². The Balaban J connectivity index is 1.72. The summed E-state index contributed by atoms with van der Waals surface area (Å²) in [6.07, 6.45) is 0. The normalized spacial score (nSPS) is 11.2. The first-order chi connectivity index (χ1) is 13.9. The molecule has 0 heteroatoms. The summed E-state index contributed by atoms with van der Waals surface area (Å²) < 4.78 is 0. The van der Waals surface area contributed by atoms with Crippen molar-refractivity contribution >= 4 is 0 Å². The van der Waals surface area contributed by atoms with E-state index in [0.29, 0.717) is 0 Å². The van der Waals surface area contributed by atoms with Crippen LogP contribution in [0.25, 0.3) is 22.3 Å². The third-order valence-electron chi connectivity index (χ3n) is 5.41. The van der Waals surface area contributed by atoms with Crippen molar-refractivity contribution in [1.82, 2.24) is 0 Å². The lowest BCUT2D eigenvalue weighted by molar-refractivity contribution is 1.01. The molecule has 0 nitrogen and oxygen atoms in total. The average molecular weight is 357 g/mol. The van der Waals surface area contributed by atoms with E-state index in [4.69, 9.17) is 0 Å². The molecule has 0 heterocycles. The third-order valence-corrected chi connectivity index (χ3v) is 5.41. The molecule has 5 aromatic rings. The highest BCUT2D eigenvalue weighted by molar-refractivity contribution is 6.02. The van der Waals surface area contributed by atoms with Gasteiger partial charge >= 0.3 is 0 Å². The zero-order valence-corrected chi connectivity index (χ0v) is 15.6. The summed E-state index contributed by atoms with van der Waals surface area (Å²) in [7, 11) is 0. The molecule has 28 heavy (non-hydrogen) atoms. The van der Waals surface area contributed by atoms with Gasteiger partial charge in [-0.05, 0) is 53.6 Å². The fourth-order valence-corrected chi connectivity index (χ4v) is 4.12. The summed E-state index contributed by atoms with van der Waals surface area (Å²) in [5.74, 6) is 0.243. The average Bonchev–Trinajstić information content (AvgIpc) is 3.52. The molecule has 0 spiro atoms. The SMILES string of the molecule is c1ccc(-c2c(C(c3ccccc3)c3ccccc3)[c+]2-c2ccccc2)cc1. The maximum absolute atomic E-state index is 2.24. The Morgan fingerprint density at radius 1 is 0.464 bits per heavy atom. The van der Waals surface area contributed by atoms with Crippen LogP contribution >= 0.6 is 0 Å². The van der Waals surface area contributed by atoms with Crippen molar-refractivity contribution in [2.75, 3.05) is 0 Å². The van der Waals surface area contributed by atoms with Gasteiger partial charge in [0, 0.05) is 0 Å². The first kappa shape index (κ1) is 16.6. The van der Waals surface area contributed by atoms with Crippen molar-refractivity contribution < 1.29 is 0 Å². The van der Waals surface area contributed by atoms with Crippen LogP contribution in [0.3, 0.4) is 0 Å². The molecule has 5 aromatic carbocycles. The second kappa shape index (κ2) is 7.25. The van der Waals surface area contributed by atoms with Gasteiger partial charge in [-0.3, -0.25) is 0 Å². The molecular weight excluding hydrogens is 336 g/mol. The highest BCUT2D eigenvalue weighted by atomic mass is 14.4. The van der Waals surface area contributed by atoms with Gasteiger partial charge in [-0.1, -0.05) is 78.9 Å². The zero-order chi connectivity index (χ0) is 18.8. The van der Waals surface area contributed by atoms with E-state index in [-0.39, 0.29) is 5.92 Å². The van der Waals surface area contributed by atoms with Gasteiger partial charge in [-0.15, -0.1) is 0 Å². The van der Waals surface area contributed by atoms with Crippen LogP contribution in [0.2, 0.25) is 0 Å². The Bertz CT molecular complexity index is 1030. The second-order valence-electron chi connectivity index (χ2n) is 7.15. The van der Waals surface area contributed by atoms with Crippen LogP contribution in [0.5, 0.6) is 0 Å². The van der Waals surface area contributed by atoms with E-state index < -0.39 is 0 Å². The lowest BCUT2D eigenvalue weighted by Crippen LogP contribution is -1.99. The molecule has 0 radical (unpaired) electrons. The van der Waals surface area contributed by atoms with Crippen LogP contribution in [0, 0.1) is 0 Å². The molecule has 0 bridgehead atoms. The molecule has 0 fully saturated rings. The number of hydrogen-bond acceptors (Lipinski definition) is 0. The van der Waals surface area contributed by atoms with Gasteiger partial charge in [0.2, 0.25) is 0 Å². The van der Waals surface area contributed by atoms with Crippen LogP contribution < -0.4 is 0 Å². The predicted molar refractivity (Wildman–Crippen MR) is 118 cm³/mol. The molecule has 0 aliphatic heterocycles. The zero-order valence-electron chi connectivity index (χ0n) is 15.6. The van der Waals surface area contributed by atoms with E-state index >= 15 is 0 Å². The van der Waals surface area contributed by atoms with Gasteiger partial charge < -0.3 is 0 Å². The minimum Gasteiger partial charge on any atom is -0.0622 e. The highest BCUT2D eigenvalue weighted by Gasteiger charge is 2.42. The molecule has 0 saturated heterocycles. The summed E-state index contributed by atoms with van der Waals surface area (Å²) in [4.78, 5) is 0. The third kappa shape index (κ3) is 3.04. The maximum atomic E-state index is 2.24. The molecule has 0 aliphatic rings. The van der Waals surface area contributed by atoms with E-state index in [1.54, 1.807) is 0 Å². The quantitative estimate of drug-likeness (QED) is 0.288. The van der Waals surface area contributed by atoms with Gasteiger partial charge in [0.05, 0.1) is 22.6 Å². The Morgan fingerprint density at radius 3 is 1.39 bits per heavy atom. The molecule has 0 unspecified atom stereocenters. The second-order valence-corrected chi connectivity index (χ2v) is 7.15. The Hall–Kier alpha value is -3.51. The van der Waals surface area contributed by atoms with E-state index in [0.717, 1.165) is 0 Å². The first-order valence-corrected chi connectivity index (χ1v) is 9.76. The molecule has 0 aliphatic carbocycles. The molecule has 0 N–H and O–H groups in total. The van der Waals surface area contributed by atoms with Crippen molar-refractivity contribution in [2.45, 2.75) is 5.92 Å². The fraction of sp³-hybridized carbons (Fsp3) is 0.0357. The largest absolute Gasteiger partial charge is 0.129 e. The smallest absolute Gasteiger partial charge is 0.0622 e. The van der Waals surface area contributed by atoms with Gasteiger partial charge in [0.15, 0.2) is 0 Å². The minimum atomic E-state index is 0.243. The maximum Gasteiger partial charge on any atom is 0.129 e. The first-order valence-electron chi connectivity index (χ1n) is 9.76. The monoisotopic (exact) mass is 357 g/mol. The minimum absolute atomic E-state index is 0.243. The van der Waals surface area contributed by atoms with Crippen LogP contribution in [-0.2, 0) is 0 Å². The lowest BCUT2D eigenvalue weighted by atomic mass is 9.88. The fourth-order valence-electron chi connectivity index (χ4n) is 4.12. The van der Waals surface area contributed by atoms with Crippen LogP contribution in [-0.4, -0.2) is 0 Å². The van der Waals surface area contributed by atoms with Crippen molar-refractivity contribution in [2.24, 2.45) is 0 Å². The number of hydrogen-bond donors (Lipinski definition) is 0. The van der Waals surface area contributed by atoms with Gasteiger partial charge in [0.1, 0.15) is 11.1 Å². The molecule has 0 aromatic heterocycles. The van der Waals surface area contributed by atoms with Crippen molar-refractivity contribution in [3.05, 3.63) is 138 Å². The van der Waals surface area contributed by atoms with Gasteiger partial charge in [-0.25, -0.2) is 0 Å². The molecule has 0 atom stereocenters. The number of benzene rings is 4. The standard InChI is InChI=1S/C28H21/c1-5-13-21(14-6-1)25(22-15-7-2-8-16-22)28-26(23-17-9-3-10-18-23)27(28)24-19-11-4-12-20-24/h1-20,25H/q+1. The summed E-state index contributed by atoms with van der Waals surface area (Å²) in [6, 6.07) is 43.3. The molecule has 5 rings (SSSR count). The van der Waals surface area contributed by atoms with Crippen molar-refractivity contribution in [3.8, 4) is 22.3 Å². The van der Waals surface area contributed by atoms with Gasteiger partial charge in [0.25, 0.3) is 0 Å². The lowest BCUT2D eigenvalue weighted by Gasteiger charge is -2.12. The summed E-state index contributed by atoms with van der Waals surface area (Å²) >= 11 is 0. The topological polar surface area (TPSA) is 0 Å². The number of rotatable bonds is 5. The van der Waals surface area contributed by atoms with Gasteiger partial charge in [-0.2, -0.15) is 0 Å². The van der Waals surface area contributed by atoms with E-state index in [2.05, 4.69) is 121 Å². The van der Waals surface area contributed by atoms with Crippen LogP contribution in [0.1, 0.15) is 22.6 Å². The van der Waals surface area contributed by atoms with E-state index in [9.17, 15) is 0 Å². The highest BCUT2D eigenvalue weighted by Crippen LogP contribution is 2.55. The summed E-state index contributed by atoms with van der Waals surface area (Å²) in [6.45, 7) is 0. The van der Waals surface area contributed by atoms with Crippen LogP contribution in [0.4, 0.5) is 0 Å². The summed E-state index contributed by atoms with van der Waals surface area (Å²) in [5.41, 5.74) is 9.50. The van der Waals surface area contributed by atoms with Crippen molar-refractivity contribution in [3.63, 3.8) is 0 Å². The van der Waals surface area contributed by atoms with E-state index in [1.807, 2.05) is 0 Å². The molecule has 0 saturated carbocycles. The molecule has 132 valence electrons. The van der Waals surface area contributed by atoms with E-state index in [1.165, 1.54) is 38.9 Å².